The fourth-order valence-corrected chi connectivity index (χ4v) is 2.88. The van der Waals surface area contributed by atoms with Crippen LogP contribution in [-0.4, -0.2) is 59.4 Å². The van der Waals surface area contributed by atoms with Gasteiger partial charge in [-0.3, -0.25) is 0 Å². The summed E-state index contributed by atoms with van der Waals surface area (Å²) >= 11 is 0. The fourth-order valence-electron chi connectivity index (χ4n) is 2.88. The number of nitrogens with zero attached hydrogens (tertiary/aromatic N) is 4. The summed E-state index contributed by atoms with van der Waals surface area (Å²) in [5.74, 6) is 0.754. The molecule has 1 fully saturated rings. The Morgan fingerprint density at radius 3 is 2.48 bits per heavy atom. The molecule has 0 spiro atoms. The van der Waals surface area contributed by atoms with Gasteiger partial charge in [0.15, 0.2) is 0 Å². The van der Waals surface area contributed by atoms with E-state index in [1.807, 2.05) is 25.7 Å². The van der Waals surface area contributed by atoms with Crippen LogP contribution >= 0.6 is 0 Å². The van der Waals surface area contributed by atoms with E-state index in [4.69, 9.17) is 4.74 Å². The minimum atomic E-state index is -2.88. The Morgan fingerprint density at radius 2 is 1.85 bits per heavy atom. The molecular formula is C18H22F2N4O3. The van der Waals surface area contributed by atoms with Gasteiger partial charge < -0.3 is 19.3 Å². The molecule has 27 heavy (non-hydrogen) atoms. The number of hydrogen-bond donors (Lipinski definition) is 0. The average Bonchev–Trinajstić information content (AvgIpc) is 2.59. The molecule has 7 nitrogen and oxygen atoms in total. The van der Waals surface area contributed by atoms with E-state index in [1.165, 1.54) is 18.5 Å². The topological polar surface area (TPSA) is 67.8 Å². The Labute approximate surface area is 155 Å². The van der Waals surface area contributed by atoms with Crippen LogP contribution < -0.4 is 9.64 Å². The Bertz CT molecular complexity index is 818. The number of amides is 1. The molecule has 2 aromatic rings. The number of carbonyl (C=O) groups is 1. The van der Waals surface area contributed by atoms with E-state index < -0.39 is 12.2 Å². The van der Waals surface area contributed by atoms with E-state index in [9.17, 15) is 13.6 Å². The van der Waals surface area contributed by atoms with Crippen molar-refractivity contribution in [1.82, 2.24) is 14.9 Å². The molecule has 3 rings (SSSR count). The highest BCUT2D eigenvalue weighted by atomic mass is 19.3. The highest BCUT2D eigenvalue weighted by Gasteiger charge is 2.27. The Hall–Kier alpha value is -2.71. The summed E-state index contributed by atoms with van der Waals surface area (Å²) in [4.78, 5) is 24.4. The van der Waals surface area contributed by atoms with Gasteiger partial charge in [-0.05, 0) is 32.9 Å². The third kappa shape index (κ3) is 4.72. The molecule has 1 aromatic carbocycles. The van der Waals surface area contributed by atoms with Crippen molar-refractivity contribution in [3.05, 3.63) is 24.5 Å². The molecule has 1 aliphatic rings. The Kier molecular flexibility index (Phi) is 5.29. The van der Waals surface area contributed by atoms with E-state index >= 15 is 0 Å². The van der Waals surface area contributed by atoms with Crippen LogP contribution in [0.3, 0.4) is 0 Å². The number of anilines is 1. The van der Waals surface area contributed by atoms with Crippen molar-refractivity contribution in [2.75, 3.05) is 31.1 Å². The summed E-state index contributed by atoms with van der Waals surface area (Å²) in [6, 6.07) is 4.60. The molecule has 1 aliphatic heterocycles. The standard InChI is InChI=1S/C18H22F2N4O3/c1-18(2,3)27-17(25)24-8-6-23(7-9-24)15-13-5-4-12(26-16(19)20)10-14(13)21-11-22-15/h4-5,10-11,16H,6-9H2,1-3H3. The van der Waals surface area contributed by atoms with Crippen molar-refractivity contribution in [1.29, 1.82) is 0 Å². The van der Waals surface area contributed by atoms with Crippen molar-refractivity contribution in [2.24, 2.45) is 0 Å². The third-order valence-electron chi connectivity index (χ3n) is 4.04. The molecular weight excluding hydrogens is 358 g/mol. The number of halogens is 2. The second-order valence-electron chi connectivity index (χ2n) is 7.21. The molecule has 0 saturated carbocycles. The first-order valence-electron chi connectivity index (χ1n) is 8.65. The first kappa shape index (κ1) is 19.1. The number of piperazine rings is 1. The van der Waals surface area contributed by atoms with Crippen LogP contribution in [0.25, 0.3) is 10.9 Å². The summed E-state index contributed by atoms with van der Waals surface area (Å²) in [6.07, 6.45) is 1.06. The maximum absolute atomic E-state index is 12.4. The largest absolute Gasteiger partial charge is 0.444 e. The van der Waals surface area contributed by atoms with E-state index in [2.05, 4.69) is 14.7 Å². The van der Waals surface area contributed by atoms with Gasteiger partial charge in [-0.25, -0.2) is 14.8 Å². The highest BCUT2D eigenvalue weighted by Crippen LogP contribution is 2.28. The average molecular weight is 380 g/mol. The van der Waals surface area contributed by atoms with Gasteiger partial charge in [0, 0.05) is 37.6 Å². The number of fused-ring (bicyclic) bond motifs is 1. The minimum Gasteiger partial charge on any atom is -0.444 e. The molecule has 0 radical (unpaired) electrons. The molecule has 1 aromatic heterocycles. The SMILES string of the molecule is CC(C)(C)OC(=O)N1CCN(c2ncnc3cc(OC(F)F)ccc23)CC1. The van der Waals surface area contributed by atoms with E-state index in [0.717, 1.165) is 5.39 Å². The predicted molar refractivity (Wildman–Crippen MR) is 96.2 cm³/mol. The summed E-state index contributed by atoms with van der Waals surface area (Å²) in [6.45, 7) is 4.80. The minimum absolute atomic E-state index is 0.0527. The lowest BCUT2D eigenvalue weighted by atomic mass is 10.2. The molecule has 0 N–H and O–H groups in total. The normalized spacial score (nSPS) is 15.3. The lowest BCUT2D eigenvalue weighted by Crippen LogP contribution is -2.50. The smallest absolute Gasteiger partial charge is 0.410 e. The van der Waals surface area contributed by atoms with Gasteiger partial charge in [0.1, 0.15) is 23.5 Å². The number of carbonyl (C=O) groups excluding carboxylic acids is 1. The number of alkyl halides is 2. The zero-order valence-corrected chi connectivity index (χ0v) is 15.5. The number of ether oxygens (including phenoxy) is 2. The summed E-state index contributed by atoms with van der Waals surface area (Å²) in [5.41, 5.74) is -0.0116. The molecule has 1 saturated heterocycles. The Morgan fingerprint density at radius 1 is 1.15 bits per heavy atom. The van der Waals surface area contributed by atoms with Crippen LogP contribution in [0.4, 0.5) is 19.4 Å². The second-order valence-corrected chi connectivity index (χ2v) is 7.21. The van der Waals surface area contributed by atoms with Gasteiger partial charge in [-0.1, -0.05) is 0 Å². The number of hydrogen-bond acceptors (Lipinski definition) is 6. The number of aromatic nitrogens is 2. The molecule has 2 heterocycles. The molecule has 9 heteroatoms. The van der Waals surface area contributed by atoms with E-state index in [-0.39, 0.29) is 11.8 Å². The van der Waals surface area contributed by atoms with E-state index in [1.54, 1.807) is 11.0 Å². The van der Waals surface area contributed by atoms with Gasteiger partial charge in [0.25, 0.3) is 0 Å². The highest BCUT2D eigenvalue weighted by molar-refractivity contribution is 5.90. The van der Waals surface area contributed by atoms with Gasteiger partial charge in [0.05, 0.1) is 5.52 Å². The van der Waals surface area contributed by atoms with Crippen LogP contribution in [0.5, 0.6) is 5.75 Å². The zero-order chi connectivity index (χ0) is 19.6. The zero-order valence-electron chi connectivity index (χ0n) is 15.5. The molecule has 0 aliphatic carbocycles. The fraction of sp³-hybridized carbons (Fsp3) is 0.500. The third-order valence-corrected chi connectivity index (χ3v) is 4.04. The van der Waals surface area contributed by atoms with Crippen molar-refractivity contribution < 1.29 is 23.0 Å². The second kappa shape index (κ2) is 7.50. The molecule has 1 amide bonds. The van der Waals surface area contributed by atoms with Gasteiger partial charge in [0.2, 0.25) is 0 Å². The van der Waals surface area contributed by atoms with Crippen LogP contribution in [0.2, 0.25) is 0 Å². The van der Waals surface area contributed by atoms with Crippen molar-refractivity contribution in [3.8, 4) is 5.75 Å². The first-order valence-corrected chi connectivity index (χ1v) is 8.65. The summed E-state index contributed by atoms with van der Waals surface area (Å²) in [5, 5.41) is 0.741. The molecule has 0 atom stereocenters. The summed E-state index contributed by atoms with van der Waals surface area (Å²) < 4.78 is 34.6. The van der Waals surface area contributed by atoms with Crippen LogP contribution in [0.1, 0.15) is 20.8 Å². The maximum atomic E-state index is 12.4. The Balaban J connectivity index is 1.72. The van der Waals surface area contributed by atoms with Crippen LogP contribution in [-0.2, 0) is 4.74 Å². The molecule has 0 bridgehead atoms. The first-order chi connectivity index (χ1) is 12.7. The quantitative estimate of drug-likeness (QED) is 0.814. The maximum Gasteiger partial charge on any atom is 0.410 e. The number of rotatable bonds is 3. The number of benzene rings is 1. The van der Waals surface area contributed by atoms with Gasteiger partial charge in [-0.2, -0.15) is 8.78 Å². The predicted octanol–water partition coefficient (Wildman–Crippen LogP) is 3.29. The van der Waals surface area contributed by atoms with Crippen molar-refractivity contribution >= 4 is 22.8 Å². The molecule has 0 unspecified atom stereocenters. The summed E-state index contributed by atoms with van der Waals surface area (Å²) in [7, 11) is 0. The lowest BCUT2D eigenvalue weighted by Gasteiger charge is -2.36. The van der Waals surface area contributed by atoms with Crippen molar-refractivity contribution in [2.45, 2.75) is 33.0 Å². The lowest BCUT2D eigenvalue weighted by molar-refractivity contribution is -0.0497. The van der Waals surface area contributed by atoms with Gasteiger partial charge >= 0.3 is 12.7 Å². The van der Waals surface area contributed by atoms with Gasteiger partial charge in [-0.15, -0.1) is 0 Å². The van der Waals surface area contributed by atoms with E-state index in [0.29, 0.717) is 37.5 Å². The van der Waals surface area contributed by atoms with Crippen molar-refractivity contribution in [3.63, 3.8) is 0 Å². The van der Waals surface area contributed by atoms with Crippen LogP contribution in [0.15, 0.2) is 24.5 Å². The monoisotopic (exact) mass is 380 g/mol. The van der Waals surface area contributed by atoms with Crippen LogP contribution in [0, 0.1) is 0 Å². The molecule has 146 valence electrons.